The molecule has 0 unspecified atom stereocenters. The van der Waals surface area contributed by atoms with Crippen molar-refractivity contribution >= 4 is 22.9 Å². The first-order valence-corrected chi connectivity index (χ1v) is 7.93. The van der Waals surface area contributed by atoms with E-state index in [0.29, 0.717) is 22.2 Å². The van der Waals surface area contributed by atoms with Crippen LogP contribution in [0.5, 0.6) is 0 Å². The summed E-state index contributed by atoms with van der Waals surface area (Å²) in [7, 11) is 0. The molecule has 1 aromatic carbocycles. The Labute approximate surface area is 136 Å². The van der Waals surface area contributed by atoms with Crippen LogP contribution in [-0.2, 0) is 12.6 Å². The van der Waals surface area contributed by atoms with E-state index in [-0.39, 0.29) is 5.91 Å². The molecule has 0 atom stereocenters. The Morgan fingerprint density at radius 1 is 1.26 bits per heavy atom. The first-order chi connectivity index (χ1) is 10.7. The Kier molecular flexibility index (Phi) is 5.09. The van der Waals surface area contributed by atoms with E-state index in [0.717, 1.165) is 23.6 Å². The largest absolute Gasteiger partial charge is 0.416 e. The van der Waals surface area contributed by atoms with Crippen LogP contribution >= 0.6 is 11.3 Å². The molecule has 0 aliphatic rings. The van der Waals surface area contributed by atoms with Gasteiger partial charge in [-0.15, -0.1) is 11.3 Å². The Hall–Kier alpha value is -1.89. The van der Waals surface area contributed by atoms with Gasteiger partial charge in [-0.3, -0.25) is 4.79 Å². The van der Waals surface area contributed by atoms with Gasteiger partial charge in [-0.2, -0.15) is 13.2 Å². The molecule has 2 rings (SSSR count). The van der Waals surface area contributed by atoms with Crippen molar-refractivity contribution in [2.24, 2.45) is 5.92 Å². The molecule has 124 valence electrons. The highest BCUT2D eigenvalue weighted by atomic mass is 32.1. The number of carbonyl (C=O) groups excluding carboxylic acids is 1. The molecule has 0 bridgehead atoms. The van der Waals surface area contributed by atoms with Gasteiger partial charge in [0.2, 0.25) is 0 Å². The Morgan fingerprint density at radius 3 is 2.39 bits per heavy atom. The molecular formula is C16H17F3N2OS. The molecule has 1 heterocycles. The summed E-state index contributed by atoms with van der Waals surface area (Å²) in [5, 5.41) is 3.49. The predicted molar refractivity (Wildman–Crippen MR) is 84.8 cm³/mol. The zero-order chi connectivity index (χ0) is 17.2. The van der Waals surface area contributed by atoms with Gasteiger partial charge in [-0.25, -0.2) is 4.98 Å². The highest BCUT2D eigenvalue weighted by molar-refractivity contribution is 7.13. The van der Waals surface area contributed by atoms with E-state index >= 15 is 0 Å². The Morgan fingerprint density at radius 2 is 1.87 bits per heavy atom. The lowest BCUT2D eigenvalue weighted by atomic mass is 10.1. The van der Waals surface area contributed by atoms with Crippen LogP contribution < -0.4 is 5.32 Å². The first-order valence-electron chi connectivity index (χ1n) is 7.11. The third kappa shape index (κ3) is 4.54. The number of hydrogen-bond donors (Lipinski definition) is 1. The zero-order valence-electron chi connectivity index (χ0n) is 13.0. The number of anilines is 1. The number of nitrogens with one attached hydrogen (secondary N) is 1. The lowest BCUT2D eigenvalue weighted by Crippen LogP contribution is -2.12. The van der Waals surface area contributed by atoms with Gasteiger partial charge < -0.3 is 5.32 Å². The number of amides is 1. The average Bonchev–Trinajstić information content (AvgIpc) is 2.78. The molecule has 0 aliphatic heterocycles. The van der Waals surface area contributed by atoms with Crippen molar-refractivity contribution < 1.29 is 18.0 Å². The van der Waals surface area contributed by atoms with E-state index in [1.165, 1.54) is 23.5 Å². The number of thiazole rings is 1. The van der Waals surface area contributed by atoms with Gasteiger partial charge in [-0.05, 0) is 37.1 Å². The third-order valence-corrected chi connectivity index (χ3v) is 4.28. The van der Waals surface area contributed by atoms with Crippen molar-refractivity contribution in [1.82, 2.24) is 4.98 Å². The summed E-state index contributed by atoms with van der Waals surface area (Å²) in [5.41, 5.74) is 0.208. The first kappa shape index (κ1) is 17.5. The molecule has 0 fully saturated rings. The minimum atomic E-state index is -4.39. The van der Waals surface area contributed by atoms with Crippen LogP contribution in [0.4, 0.5) is 18.9 Å². The highest BCUT2D eigenvalue weighted by Crippen LogP contribution is 2.30. The summed E-state index contributed by atoms with van der Waals surface area (Å²) in [6.45, 7) is 5.89. The molecule has 7 heteroatoms. The van der Waals surface area contributed by atoms with E-state index in [1.54, 1.807) is 6.92 Å². The fourth-order valence-corrected chi connectivity index (χ4v) is 3.20. The van der Waals surface area contributed by atoms with Crippen LogP contribution in [0.2, 0.25) is 0 Å². The summed E-state index contributed by atoms with van der Waals surface area (Å²) in [6, 6.07) is 4.37. The summed E-state index contributed by atoms with van der Waals surface area (Å²) in [4.78, 5) is 17.1. The van der Waals surface area contributed by atoms with Gasteiger partial charge in [0, 0.05) is 12.1 Å². The molecule has 0 saturated carbocycles. The monoisotopic (exact) mass is 342 g/mol. The molecule has 0 saturated heterocycles. The number of hydrogen-bond acceptors (Lipinski definition) is 3. The SMILES string of the molecule is Cc1nc(CC(C)C)sc1C(=O)Nc1ccc(C(F)(F)F)cc1. The van der Waals surface area contributed by atoms with E-state index in [9.17, 15) is 18.0 Å². The van der Waals surface area contributed by atoms with Gasteiger partial charge >= 0.3 is 6.18 Å². The van der Waals surface area contributed by atoms with Crippen molar-refractivity contribution in [3.05, 3.63) is 45.4 Å². The summed E-state index contributed by atoms with van der Waals surface area (Å²) >= 11 is 1.32. The predicted octanol–water partition coefficient (Wildman–Crippen LogP) is 4.92. The van der Waals surface area contributed by atoms with Crippen LogP contribution in [0.3, 0.4) is 0 Å². The van der Waals surface area contributed by atoms with Gasteiger partial charge in [0.15, 0.2) is 0 Å². The van der Waals surface area contributed by atoms with Crippen molar-refractivity contribution in [2.75, 3.05) is 5.32 Å². The molecule has 1 aromatic heterocycles. The topological polar surface area (TPSA) is 42.0 Å². The van der Waals surface area contributed by atoms with Crippen LogP contribution in [-0.4, -0.2) is 10.9 Å². The fraction of sp³-hybridized carbons (Fsp3) is 0.375. The fourth-order valence-electron chi connectivity index (χ4n) is 2.03. The maximum atomic E-state index is 12.5. The van der Waals surface area contributed by atoms with Gasteiger partial charge in [0.1, 0.15) is 4.88 Å². The van der Waals surface area contributed by atoms with Crippen LogP contribution in [0, 0.1) is 12.8 Å². The van der Waals surface area contributed by atoms with Gasteiger partial charge in [-0.1, -0.05) is 13.8 Å². The lowest BCUT2D eigenvalue weighted by Gasteiger charge is -2.08. The van der Waals surface area contributed by atoms with Crippen molar-refractivity contribution in [2.45, 2.75) is 33.4 Å². The standard InChI is InChI=1S/C16H17F3N2OS/c1-9(2)8-13-20-10(3)14(23-13)15(22)21-12-6-4-11(5-7-12)16(17,18)19/h4-7,9H,8H2,1-3H3,(H,21,22). The second kappa shape index (κ2) is 6.70. The summed E-state index contributed by atoms with van der Waals surface area (Å²) in [6.07, 6.45) is -3.60. The molecule has 3 nitrogen and oxygen atoms in total. The molecule has 2 aromatic rings. The Bertz CT molecular complexity index is 690. The molecule has 0 radical (unpaired) electrons. The van der Waals surface area contributed by atoms with Gasteiger partial charge in [0.05, 0.1) is 16.3 Å². The second-order valence-corrected chi connectivity index (χ2v) is 6.73. The number of aromatic nitrogens is 1. The number of aryl methyl sites for hydroxylation is 1. The summed E-state index contributed by atoms with van der Waals surface area (Å²) in [5.74, 6) is 0.0844. The van der Waals surface area contributed by atoms with E-state index < -0.39 is 11.7 Å². The van der Waals surface area contributed by atoms with Crippen molar-refractivity contribution in [1.29, 1.82) is 0 Å². The number of rotatable bonds is 4. The van der Waals surface area contributed by atoms with E-state index in [1.807, 2.05) is 0 Å². The molecule has 0 spiro atoms. The van der Waals surface area contributed by atoms with Crippen molar-refractivity contribution in [3.63, 3.8) is 0 Å². The second-order valence-electron chi connectivity index (χ2n) is 5.65. The smallest absolute Gasteiger partial charge is 0.321 e. The molecule has 1 N–H and O–H groups in total. The molecule has 23 heavy (non-hydrogen) atoms. The van der Waals surface area contributed by atoms with Crippen LogP contribution in [0.25, 0.3) is 0 Å². The lowest BCUT2D eigenvalue weighted by molar-refractivity contribution is -0.137. The highest BCUT2D eigenvalue weighted by Gasteiger charge is 2.30. The van der Waals surface area contributed by atoms with E-state index in [2.05, 4.69) is 24.1 Å². The average molecular weight is 342 g/mol. The third-order valence-electron chi connectivity index (χ3n) is 3.10. The number of benzene rings is 1. The number of carbonyl (C=O) groups is 1. The Balaban J connectivity index is 2.11. The maximum absolute atomic E-state index is 12.5. The van der Waals surface area contributed by atoms with Crippen LogP contribution in [0.1, 0.15) is 39.8 Å². The normalized spacial score (nSPS) is 11.8. The number of nitrogens with zero attached hydrogens (tertiary/aromatic N) is 1. The zero-order valence-corrected chi connectivity index (χ0v) is 13.8. The van der Waals surface area contributed by atoms with Gasteiger partial charge in [0.25, 0.3) is 5.91 Å². The quantitative estimate of drug-likeness (QED) is 0.857. The molecule has 1 amide bonds. The van der Waals surface area contributed by atoms with Crippen molar-refractivity contribution in [3.8, 4) is 0 Å². The maximum Gasteiger partial charge on any atom is 0.416 e. The minimum Gasteiger partial charge on any atom is -0.321 e. The van der Waals surface area contributed by atoms with E-state index in [4.69, 9.17) is 0 Å². The summed E-state index contributed by atoms with van der Waals surface area (Å²) < 4.78 is 37.5. The van der Waals surface area contributed by atoms with Crippen LogP contribution in [0.15, 0.2) is 24.3 Å². The molecule has 0 aliphatic carbocycles. The number of alkyl halides is 3. The molecular weight excluding hydrogens is 325 g/mol. The number of halogens is 3. The minimum absolute atomic E-state index is 0.321.